The molecule has 1 unspecified atom stereocenters. The molecular formula is C11H25NO. The second-order valence-electron chi connectivity index (χ2n) is 4.27. The SMILES string of the molecule is COCCNCC(C)CCC(C)C. The lowest BCUT2D eigenvalue weighted by Crippen LogP contribution is -2.24. The summed E-state index contributed by atoms with van der Waals surface area (Å²) < 4.78 is 4.96. The Labute approximate surface area is 83.1 Å². The van der Waals surface area contributed by atoms with E-state index in [1.165, 1.54) is 12.8 Å². The normalized spacial score (nSPS) is 13.6. The predicted octanol–water partition coefficient (Wildman–Crippen LogP) is 2.29. The quantitative estimate of drug-likeness (QED) is 0.589. The van der Waals surface area contributed by atoms with Crippen molar-refractivity contribution in [2.45, 2.75) is 33.6 Å². The molecule has 0 aliphatic heterocycles. The fraction of sp³-hybridized carbons (Fsp3) is 1.00. The molecule has 13 heavy (non-hydrogen) atoms. The van der Waals surface area contributed by atoms with Gasteiger partial charge in [0.25, 0.3) is 0 Å². The molecular weight excluding hydrogens is 162 g/mol. The highest BCUT2D eigenvalue weighted by atomic mass is 16.5. The van der Waals surface area contributed by atoms with Crippen molar-refractivity contribution in [1.29, 1.82) is 0 Å². The molecule has 0 saturated heterocycles. The lowest BCUT2D eigenvalue weighted by atomic mass is 9.99. The first kappa shape index (κ1) is 12.9. The van der Waals surface area contributed by atoms with E-state index < -0.39 is 0 Å². The van der Waals surface area contributed by atoms with Gasteiger partial charge in [-0.25, -0.2) is 0 Å². The van der Waals surface area contributed by atoms with Gasteiger partial charge in [0.15, 0.2) is 0 Å². The third-order valence-electron chi connectivity index (χ3n) is 2.21. The highest BCUT2D eigenvalue weighted by molar-refractivity contribution is 4.58. The topological polar surface area (TPSA) is 21.3 Å². The average molecular weight is 187 g/mol. The minimum atomic E-state index is 0.791. The van der Waals surface area contributed by atoms with Crippen LogP contribution in [0.2, 0.25) is 0 Å². The second-order valence-corrected chi connectivity index (χ2v) is 4.27. The molecule has 0 aromatic heterocycles. The Morgan fingerprint density at radius 1 is 1.15 bits per heavy atom. The zero-order valence-electron chi connectivity index (χ0n) is 9.60. The zero-order chi connectivity index (χ0) is 10.1. The zero-order valence-corrected chi connectivity index (χ0v) is 9.60. The maximum Gasteiger partial charge on any atom is 0.0587 e. The van der Waals surface area contributed by atoms with E-state index in [1.807, 2.05) is 0 Å². The van der Waals surface area contributed by atoms with Crippen molar-refractivity contribution >= 4 is 0 Å². The Morgan fingerprint density at radius 3 is 2.38 bits per heavy atom. The van der Waals surface area contributed by atoms with Crippen LogP contribution in [0.5, 0.6) is 0 Å². The Balaban J connectivity index is 3.15. The van der Waals surface area contributed by atoms with E-state index in [0.717, 1.165) is 31.5 Å². The van der Waals surface area contributed by atoms with E-state index in [1.54, 1.807) is 7.11 Å². The summed E-state index contributed by atoms with van der Waals surface area (Å²) in [5.74, 6) is 1.63. The number of nitrogens with one attached hydrogen (secondary N) is 1. The van der Waals surface area contributed by atoms with Crippen molar-refractivity contribution < 1.29 is 4.74 Å². The van der Waals surface area contributed by atoms with Crippen LogP contribution in [0.1, 0.15) is 33.6 Å². The maximum atomic E-state index is 4.96. The summed E-state index contributed by atoms with van der Waals surface area (Å²) in [6.07, 6.45) is 2.67. The summed E-state index contributed by atoms with van der Waals surface area (Å²) in [5, 5.41) is 3.38. The third kappa shape index (κ3) is 9.84. The molecule has 0 spiro atoms. The summed E-state index contributed by atoms with van der Waals surface area (Å²) in [5.41, 5.74) is 0. The molecule has 0 rings (SSSR count). The Kier molecular flexibility index (Phi) is 8.46. The van der Waals surface area contributed by atoms with Gasteiger partial charge in [0.05, 0.1) is 6.61 Å². The molecule has 0 fully saturated rings. The third-order valence-corrected chi connectivity index (χ3v) is 2.21. The van der Waals surface area contributed by atoms with E-state index in [-0.39, 0.29) is 0 Å². The monoisotopic (exact) mass is 187 g/mol. The number of rotatable bonds is 8. The fourth-order valence-electron chi connectivity index (χ4n) is 1.24. The fourth-order valence-corrected chi connectivity index (χ4v) is 1.24. The second kappa shape index (κ2) is 8.52. The van der Waals surface area contributed by atoms with Crippen LogP contribution in [0.4, 0.5) is 0 Å². The lowest BCUT2D eigenvalue weighted by molar-refractivity contribution is 0.197. The molecule has 0 amide bonds. The standard InChI is InChI=1S/C11H25NO/c1-10(2)5-6-11(3)9-12-7-8-13-4/h10-12H,5-9H2,1-4H3. The molecule has 80 valence electrons. The first-order chi connectivity index (χ1) is 6.16. The van der Waals surface area contributed by atoms with Crippen molar-refractivity contribution in [1.82, 2.24) is 5.32 Å². The average Bonchev–Trinajstić information content (AvgIpc) is 2.09. The maximum absolute atomic E-state index is 4.96. The van der Waals surface area contributed by atoms with Gasteiger partial charge in [-0.05, 0) is 24.8 Å². The molecule has 0 aromatic rings. The van der Waals surface area contributed by atoms with Gasteiger partial charge in [-0.1, -0.05) is 27.2 Å². The molecule has 0 radical (unpaired) electrons. The van der Waals surface area contributed by atoms with E-state index in [2.05, 4.69) is 26.1 Å². The van der Waals surface area contributed by atoms with Crippen molar-refractivity contribution in [3.8, 4) is 0 Å². The Morgan fingerprint density at radius 2 is 1.85 bits per heavy atom. The van der Waals surface area contributed by atoms with Gasteiger partial charge < -0.3 is 10.1 Å². The molecule has 2 heteroatoms. The number of hydrogen-bond donors (Lipinski definition) is 1. The highest BCUT2D eigenvalue weighted by Gasteiger charge is 2.02. The van der Waals surface area contributed by atoms with Gasteiger partial charge in [0.2, 0.25) is 0 Å². The number of hydrogen-bond acceptors (Lipinski definition) is 2. The number of ether oxygens (including phenoxy) is 1. The largest absolute Gasteiger partial charge is 0.383 e. The van der Waals surface area contributed by atoms with Crippen LogP contribution in [-0.2, 0) is 4.74 Å². The molecule has 0 aromatic carbocycles. The van der Waals surface area contributed by atoms with Crippen molar-refractivity contribution in [2.75, 3.05) is 26.8 Å². The Bertz CT molecular complexity index is 104. The summed E-state index contributed by atoms with van der Waals surface area (Å²) in [7, 11) is 1.74. The lowest BCUT2D eigenvalue weighted by Gasteiger charge is -2.13. The van der Waals surface area contributed by atoms with Gasteiger partial charge in [-0.2, -0.15) is 0 Å². The van der Waals surface area contributed by atoms with Gasteiger partial charge in [-0.3, -0.25) is 0 Å². The van der Waals surface area contributed by atoms with Crippen molar-refractivity contribution in [3.05, 3.63) is 0 Å². The van der Waals surface area contributed by atoms with Crippen LogP contribution < -0.4 is 5.32 Å². The van der Waals surface area contributed by atoms with Crippen LogP contribution in [0.25, 0.3) is 0 Å². The predicted molar refractivity (Wildman–Crippen MR) is 58.0 cm³/mol. The van der Waals surface area contributed by atoms with E-state index in [9.17, 15) is 0 Å². The van der Waals surface area contributed by atoms with Crippen molar-refractivity contribution in [3.63, 3.8) is 0 Å². The molecule has 1 N–H and O–H groups in total. The van der Waals surface area contributed by atoms with Gasteiger partial charge in [0, 0.05) is 13.7 Å². The first-order valence-corrected chi connectivity index (χ1v) is 5.36. The van der Waals surface area contributed by atoms with Crippen LogP contribution in [0.15, 0.2) is 0 Å². The molecule has 0 aliphatic rings. The van der Waals surface area contributed by atoms with Gasteiger partial charge in [-0.15, -0.1) is 0 Å². The van der Waals surface area contributed by atoms with Crippen LogP contribution in [-0.4, -0.2) is 26.8 Å². The first-order valence-electron chi connectivity index (χ1n) is 5.36. The Hall–Kier alpha value is -0.0800. The molecule has 0 heterocycles. The van der Waals surface area contributed by atoms with Crippen molar-refractivity contribution in [2.24, 2.45) is 11.8 Å². The summed E-state index contributed by atoms with van der Waals surface area (Å²) >= 11 is 0. The molecule has 1 atom stereocenters. The minimum Gasteiger partial charge on any atom is -0.383 e. The van der Waals surface area contributed by atoms with E-state index >= 15 is 0 Å². The highest BCUT2D eigenvalue weighted by Crippen LogP contribution is 2.10. The summed E-state index contributed by atoms with van der Waals surface area (Å²) in [6, 6.07) is 0. The molecule has 0 aliphatic carbocycles. The van der Waals surface area contributed by atoms with Gasteiger partial charge >= 0.3 is 0 Å². The van der Waals surface area contributed by atoms with Crippen LogP contribution >= 0.6 is 0 Å². The molecule has 0 saturated carbocycles. The summed E-state index contributed by atoms with van der Waals surface area (Å²) in [6.45, 7) is 9.79. The van der Waals surface area contributed by atoms with Gasteiger partial charge in [0.1, 0.15) is 0 Å². The molecule has 0 bridgehead atoms. The van der Waals surface area contributed by atoms with E-state index in [0.29, 0.717) is 0 Å². The minimum absolute atomic E-state index is 0.791. The molecule has 2 nitrogen and oxygen atoms in total. The smallest absolute Gasteiger partial charge is 0.0587 e. The number of methoxy groups -OCH3 is 1. The summed E-state index contributed by atoms with van der Waals surface area (Å²) in [4.78, 5) is 0. The van der Waals surface area contributed by atoms with Crippen LogP contribution in [0.3, 0.4) is 0 Å². The van der Waals surface area contributed by atoms with E-state index in [4.69, 9.17) is 4.74 Å². The van der Waals surface area contributed by atoms with Crippen LogP contribution in [0, 0.1) is 11.8 Å².